The topological polar surface area (TPSA) is 84.2 Å². The zero-order valence-electron chi connectivity index (χ0n) is 16.2. The first-order valence-electron chi connectivity index (χ1n) is 9.34. The molecule has 3 aromatic carbocycles. The molecule has 1 aromatic heterocycles. The number of rotatable bonds is 6. The van der Waals surface area contributed by atoms with Crippen molar-refractivity contribution in [2.24, 2.45) is 0 Å². The van der Waals surface area contributed by atoms with Crippen molar-refractivity contribution < 1.29 is 14.0 Å². The predicted octanol–water partition coefficient (Wildman–Crippen LogP) is 4.73. The van der Waals surface area contributed by atoms with Gasteiger partial charge in [0, 0.05) is 29.6 Å². The van der Waals surface area contributed by atoms with Crippen molar-refractivity contribution in [3.8, 4) is 0 Å². The van der Waals surface area contributed by atoms with Crippen LogP contribution in [0.3, 0.4) is 0 Å². The Kier molecular flexibility index (Phi) is 5.81. The summed E-state index contributed by atoms with van der Waals surface area (Å²) in [6.07, 6.45) is 0. The number of oxazole rings is 1. The molecule has 0 aliphatic rings. The van der Waals surface area contributed by atoms with Gasteiger partial charge in [0.2, 0.25) is 0 Å². The number of benzene rings is 3. The van der Waals surface area contributed by atoms with Gasteiger partial charge in [0.25, 0.3) is 17.0 Å². The first kappa shape index (κ1) is 19.7. The molecule has 4 aromatic rings. The van der Waals surface area contributed by atoms with E-state index in [0.717, 1.165) is 16.7 Å². The third-order valence-corrected chi connectivity index (χ3v) is 5.40. The molecule has 0 fully saturated rings. The van der Waals surface area contributed by atoms with Crippen LogP contribution in [-0.2, 0) is 5.75 Å². The van der Waals surface area contributed by atoms with Gasteiger partial charge in [0.05, 0.1) is 0 Å². The fourth-order valence-electron chi connectivity index (χ4n) is 2.97. The summed E-state index contributed by atoms with van der Waals surface area (Å²) in [6, 6.07) is 21.8. The van der Waals surface area contributed by atoms with Crippen LogP contribution >= 0.6 is 11.8 Å². The third kappa shape index (κ3) is 4.36. The smallest absolute Gasteiger partial charge is 0.257 e. The molecular weight excluding hydrogens is 398 g/mol. The lowest BCUT2D eigenvalue weighted by Crippen LogP contribution is -2.18. The van der Waals surface area contributed by atoms with Gasteiger partial charge >= 0.3 is 0 Å². The van der Waals surface area contributed by atoms with Gasteiger partial charge in [-0.05, 0) is 48.0 Å². The lowest BCUT2D eigenvalue weighted by Gasteiger charge is -2.10. The van der Waals surface area contributed by atoms with Crippen LogP contribution in [0.2, 0.25) is 0 Å². The largest absolute Gasteiger partial charge is 0.431 e. The van der Waals surface area contributed by atoms with E-state index in [-0.39, 0.29) is 11.8 Å². The monoisotopic (exact) mass is 417 g/mol. The van der Waals surface area contributed by atoms with E-state index < -0.39 is 0 Å². The Hall–Kier alpha value is -3.58. The van der Waals surface area contributed by atoms with E-state index in [1.165, 1.54) is 11.8 Å². The van der Waals surface area contributed by atoms with E-state index in [4.69, 9.17) is 4.42 Å². The van der Waals surface area contributed by atoms with E-state index in [2.05, 4.69) is 15.6 Å². The number of para-hydroxylation sites is 2. The summed E-state index contributed by atoms with van der Waals surface area (Å²) in [4.78, 5) is 28.9. The van der Waals surface area contributed by atoms with E-state index in [9.17, 15) is 9.59 Å². The molecule has 0 atom stereocenters. The van der Waals surface area contributed by atoms with E-state index in [1.807, 2.05) is 42.5 Å². The second kappa shape index (κ2) is 8.84. The molecule has 0 aliphatic heterocycles. The number of fused-ring (bicyclic) bond motifs is 1. The third-order valence-electron chi connectivity index (χ3n) is 4.52. The number of anilines is 1. The zero-order chi connectivity index (χ0) is 20.9. The lowest BCUT2D eigenvalue weighted by atomic mass is 10.1. The van der Waals surface area contributed by atoms with Crippen molar-refractivity contribution >= 4 is 40.4 Å². The van der Waals surface area contributed by atoms with Crippen LogP contribution in [0.15, 0.2) is 82.4 Å². The standard InChI is InChI=1S/C23H19N3O3S/c1-24-21(27)15-10-12-17(13-11-15)25-22(28)18-7-3-2-6-16(18)14-30-23-26-19-8-4-5-9-20(19)29-23/h2-13H,14H2,1H3,(H,24,27)(H,25,28). The first-order chi connectivity index (χ1) is 14.6. The highest BCUT2D eigenvalue weighted by molar-refractivity contribution is 7.98. The highest BCUT2D eigenvalue weighted by Gasteiger charge is 2.14. The van der Waals surface area contributed by atoms with Gasteiger partial charge in [-0.3, -0.25) is 9.59 Å². The number of aromatic nitrogens is 1. The van der Waals surface area contributed by atoms with E-state index >= 15 is 0 Å². The maximum absolute atomic E-state index is 12.8. The summed E-state index contributed by atoms with van der Waals surface area (Å²) in [6.45, 7) is 0. The molecule has 30 heavy (non-hydrogen) atoms. The molecular formula is C23H19N3O3S. The van der Waals surface area contributed by atoms with Gasteiger partial charge in [0.15, 0.2) is 5.58 Å². The normalized spacial score (nSPS) is 10.7. The lowest BCUT2D eigenvalue weighted by molar-refractivity contribution is 0.0962. The maximum Gasteiger partial charge on any atom is 0.257 e. The highest BCUT2D eigenvalue weighted by atomic mass is 32.2. The molecule has 2 amide bonds. The highest BCUT2D eigenvalue weighted by Crippen LogP contribution is 2.27. The molecule has 0 saturated heterocycles. The molecule has 0 bridgehead atoms. The number of amides is 2. The number of thioether (sulfide) groups is 1. The van der Waals surface area contributed by atoms with Gasteiger partial charge in [-0.25, -0.2) is 4.98 Å². The summed E-state index contributed by atoms with van der Waals surface area (Å²) in [5.41, 5.74) is 4.16. The SMILES string of the molecule is CNC(=O)c1ccc(NC(=O)c2ccccc2CSc2nc3ccccc3o2)cc1. The molecule has 0 radical (unpaired) electrons. The molecule has 7 heteroatoms. The average Bonchev–Trinajstić information content (AvgIpc) is 3.21. The molecule has 0 saturated carbocycles. The van der Waals surface area contributed by atoms with Gasteiger partial charge in [-0.1, -0.05) is 42.1 Å². The fraction of sp³-hybridized carbons (Fsp3) is 0.0870. The number of nitrogens with one attached hydrogen (secondary N) is 2. The average molecular weight is 417 g/mol. The Morgan fingerprint density at radius 3 is 2.43 bits per heavy atom. The molecule has 150 valence electrons. The van der Waals surface area contributed by atoms with Crippen LogP contribution in [0.1, 0.15) is 26.3 Å². The van der Waals surface area contributed by atoms with Gasteiger partial charge in [0.1, 0.15) is 5.52 Å². The fourth-order valence-corrected chi connectivity index (χ4v) is 3.81. The van der Waals surface area contributed by atoms with Crippen molar-refractivity contribution in [2.75, 3.05) is 12.4 Å². The maximum atomic E-state index is 12.8. The summed E-state index contributed by atoms with van der Waals surface area (Å²) in [5.74, 6) is 0.164. The second-order valence-corrected chi connectivity index (χ2v) is 7.43. The Morgan fingerprint density at radius 2 is 1.67 bits per heavy atom. The van der Waals surface area contributed by atoms with Crippen LogP contribution in [-0.4, -0.2) is 23.8 Å². The van der Waals surface area contributed by atoms with Crippen molar-refractivity contribution in [1.82, 2.24) is 10.3 Å². The van der Waals surface area contributed by atoms with Gasteiger partial charge < -0.3 is 15.1 Å². The van der Waals surface area contributed by atoms with Gasteiger partial charge in [-0.15, -0.1) is 0 Å². The number of hydrogen-bond donors (Lipinski definition) is 2. The number of carbonyl (C=O) groups is 2. The van der Waals surface area contributed by atoms with Crippen molar-refractivity contribution in [1.29, 1.82) is 0 Å². The van der Waals surface area contributed by atoms with Crippen LogP contribution in [0.5, 0.6) is 0 Å². The molecule has 0 unspecified atom stereocenters. The quantitative estimate of drug-likeness (QED) is 0.443. The van der Waals surface area contributed by atoms with E-state index in [0.29, 0.717) is 27.8 Å². The summed E-state index contributed by atoms with van der Waals surface area (Å²) in [7, 11) is 1.58. The summed E-state index contributed by atoms with van der Waals surface area (Å²) in [5, 5.41) is 6.02. The second-order valence-electron chi connectivity index (χ2n) is 6.50. The van der Waals surface area contributed by atoms with Crippen molar-refractivity contribution in [3.05, 3.63) is 89.5 Å². The Balaban J connectivity index is 1.46. The van der Waals surface area contributed by atoms with Crippen LogP contribution in [0.4, 0.5) is 5.69 Å². The van der Waals surface area contributed by atoms with E-state index in [1.54, 1.807) is 37.4 Å². The Bertz CT molecular complexity index is 1170. The molecule has 1 heterocycles. The van der Waals surface area contributed by atoms with Crippen LogP contribution < -0.4 is 10.6 Å². The number of carbonyl (C=O) groups excluding carboxylic acids is 2. The zero-order valence-corrected chi connectivity index (χ0v) is 17.0. The minimum Gasteiger partial charge on any atom is -0.431 e. The molecule has 0 aliphatic carbocycles. The summed E-state index contributed by atoms with van der Waals surface area (Å²) >= 11 is 1.44. The van der Waals surface area contributed by atoms with Crippen molar-refractivity contribution in [3.63, 3.8) is 0 Å². The minimum absolute atomic E-state index is 0.172. The van der Waals surface area contributed by atoms with Crippen LogP contribution in [0.25, 0.3) is 11.1 Å². The Labute approximate surface area is 177 Å². The van der Waals surface area contributed by atoms with Gasteiger partial charge in [-0.2, -0.15) is 0 Å². The number of nitrogens with zero attached hydrogens (tertiary/aromatic N) is 1. The molecule has 4 rings (SSSR count). The van der Waals surface area contributed by atoms with Crippen molar-refractivity contribution in [2.45, 2.75) is 11.0 Å². The summed E-state index contributed by atoms with van der Waals surface area (Å²) < 4.78 is 5.74. The predicted molar refractivity (Wildman–Crippen MR) is 118 cm³/mol. The Morgan fingerprint density at radius 1 is 0.933 bits per heavy atom. The van der Waals surface area contributed by atoms with Crippen LogP contribution in [0, 0.1) is 0 Å². The molecule has 2 N–H and O–H groups in total. The molecule has 6 nitrogen and oxygen atoms in total. The minimum atomic E-state index is -0.212. The number of hydrogen-bond acceptors (Lipinski definition) is 5. The molecule has 0 spiro atoms. The first-order valence-corrected chi connectivity index (χ1v) is 10.3.